The number of hydrogen-bond donors (Lipinski definition) is 4. The van der Waals surface area contributed by atoms with Crippen LogP contribution in [-0.2, 0) is 10.0 Å². The first-order chi connectivity index (χ1) is 11.8. The van der Waals surface area contributed by atoms with E-state index in [1.807, 2.05) is 0 Å². The van der Waals surface area contributed by atoms with Crippen LogP contribution in [0.5, 0.6) is 5.75 Å². The Labute approximate surface area is 155 Å². The molecule has 1 heterocycles. The van der Waals surface area contributed by atoms with Crippen LogP contribution in [-0.4, -0.2) is 63.2 Å². The number of aromatic hydroxyl groups is 1. The van der Waals surface area contributed by atoms with Gasteiger partial charge in [0.2, 0.25) is 10.0 Å². The number of nitrogens with zero attached hydrogens (tertiary/aromatic N) is 1. The van der Waals surface area contributed by atoms with Crippen molar-refractivity contribution >= 4 is 33.0 Å². The quantitative estimate of drug-likeness (QED) is 0.299. The standard InChI is InChI=1S/C16H26N4O3S2/c1-19(2)9-5-8-17-16(24)18-14-12-13(6-7-15(14)21)25(22,23)20-10-3-4-11-20/h6-7,12,21H,3-5,8-11H2,1-2H3,(H2,17,18,24)/p+1. The van der Waals surface area contributed by atoms with Gasteiger partial charge in [0, 0.05) is 26.1 Å². The molecule has 4 N–H and O–H groups in total. The Kier molecular flexibility index (Phi) is 7.00. The molecule has 1 aromatic rings. The van der Waals surface area contributed by atoms with E-state index in [2.05, 4.69) is 24.7 Å². The van der Waals surface area contributed by atoms with E-state index in [4.69, 9.17) is 12.2 Å². The Hall–Kier alpha value is -1.42. The molecule has 1 fully saturated rings. The maximum atomic E-state index is 12.6. The van der Waals surface area contributed by atoms with E-state index in [-0.39, 0.29) is 16.3 Å². The normalized spacial score (nSPS) is 15.5. The number of anilines is 1. The highest BCUT2D eigenvalue weighted by atomic mass is 32.2. The summed E-state index contributed by atoms with van der Waals surface area (Å²) in [4.78, 5) is 1.52. The van der Waals surface area contributed by atoms with Gasteiger partial charge in [0.1, 0.15) is 5.75 Å². The van der Waals surface area contributed by atoms with Crippen LogP contribution in [0.4, 0.5) is 5.69 Å². The Morgan fingerprint density at radius 1 is 1.32 bits per heavy atom. The van der Waals surface area contributed by atoms with Crippen molar-refractivity contribution in [1.29, 1.82) is 0 Å². The third kappa shape index (κ3) is 5.53. The fourth-order valence-electron chi connectivity index (χ4n) is 2.66. The zero-order valence-corrected chi connectivity index (χ0v) is 16.3. The number of rotatable bonds is 7. The van der Waals surface area contributed by atoms with Gasteiger partial charge < -0.3 is 20.6 Å². The number of phenolic OH excluding ortho intramolecular Hbond substituents is 1. The molecule has 0 radical (unpaired) electrons. The average molecular weight is 388 g/mol. The average Bonchev–Trinajstić information content (AvgIpc) is 3.08. The van der Waals surface area contributed by atoms with Crippen molar-refractivity contribution < 1.29 is 18.4 Å². The van der Waals surface area contributed by atoms with E-state index in [9.17, 15) is 13.5 Å². The SMILES string of the molecule is C[NH+](C)CCCNC(=S)Nc1cc(S(=O)(=O)N2CCCC2)ccc1O. The van der Waals surface area contributed by atoms with Crippen molar-refractivity contribution in [2.75, 3.05) is 45.6 Å². The molecule has 0 unspecified atom stereocenters. The Morgan fingerprint density at radius 3 is 2.64 bits per heavy atom. The molecule has 2 rings (SSSR count). The first-order valence-electron chi connectivity index (χ1n) is 8.48. The largest absolute Gasteiger partial charge is 0.506 e. The molecule has 7 nitrogen and oxygen atoms in total. The van der Waals surface area contributed by atoms with Crippen LogP contribution in [0.3, 0.4) is 0 Å². The lowest BCUT2D eigenvalue weighted by Gasteiger charge is -2.17. The summed E-state index contributed by atoms with van der Waals surface area (Å²) in [5.74, 6) is -0.0396. The van der Waals surface area contributed by atoms with Crippen molar-refractivity contribution in [3.8, 4) is 5.75 Å². The third-order valence-corrected chi connectivity index (χ3v) is 6.20. The van der Waals surface area contributed by atoms with E-state index in [1.165, 1.54) is 27.4 Å². The molecule has 1 aromatic carbocycles. The Morgan fingerprint density at radius 2 is 2.00 bits per heavy atom. The van der Waals surface area contributed by atoms with Gasteiger partial charge in [-0.1, -0.05) is 0 Å². The highest BCUT2D eigenvalue weighted by molar-refractivity contribution is 7.89. The second-order valence-corrected chi connectivity index (χ2v) is 8.83. The number of thiocarbonyl (C=S) groups is 1. The number of sulfonamides is 1. The molecule has 0 aliphatic carbocycles. The van der Waals surface area contributed by atoms with Crippen molar-refractivity contribution in [2.45, 2.75) is 24.2 Å². The minimum absolute atomic E-state index is 0.0396. The van der Waals surface area contributed by atoms with Crippen LogP contribution in [0.15, 0.2) is 23.1 Å². The molecule has 1 aliphatic heterocycles. The first kappa shape index (κ1) is 19.9. The molecule has 0 spiro atoms. The molecule has 1 aliphatic rings. The molecular formula is C16H27N4O3S2+. The van der Waals surface area contributed by atoms with Crippen molar-refractivity contribution in [3.63, 3.8) is 0 Å². The van der Waals surface area contributed by atoms with Crippen LogP contribution < -0.4 is 15.5 Å². The van der Waals surface area contributed by atoms with Gasteiger partial charge in [-0.3, -0.25) is 0 Å². The molecule has 0 saturated carbocycles. The lowest BCUT2D eigenvalue weighted by molar-refractivity contribution is -0.858. The summed E-state index contributed by atoms with van der Waals surface area (Å²) < 4.78 is 26.7. The van der Waals surface area contributed by atoms with Crippen molar-refractivity contribution in [3.05, 3.63) is 18.2 Å². The van der Waals surface area contributed by atoms with Gasteiger partial charge in [-0.25, -0.2) is 8.42 Å². The fourth-order valence-corrected chi connectivity index (χ4v) is 4.42. The van der Waals surface area contributed by atoms with Gasteiger partial charge in [0.25, 0.3) is 0 Å². The second-order valence-electron chi connectivity index (χ2n) is 6.48. The predicted octanol–water partition coefficient (Wildman–Crippen LogP) is -0.00230. The summed E-state index contributed by atoms with van der Waals surface area (Å²) in [5, 5.41) is 16.3. The Bertz CT molecular complexity index is 701. The highest BCUT2D eigenvalue weighted by Gasteiger charge is 2.27. The van der Waals surface area contributed by atoms with E-state index in [1.54, 1.807) is 0 Å². The highest BCUT2D eigenvalue weighted by Crippen LogP contribution is 2.29. The maximum absolute atomic E-state index is 12.6. The molecule has 0 aromatic heterocycles. The van der Waals surface area contributed by atoms with Crippen LogP contribution in [0, 0.1) is 0 Å². The second kappa shape index (κ2) is 8.79. The molecular weight excluding hydrogens is 360 g/mol. The molecule has 0 bridgehead atoms. The number of quaternary nitrogens is 1. The summed E-state index contributed by atoms with van der Waals surface area (Å²) in [6.45, 7) is 2.81. The molecule has 9 heteroatoms. The van der Waals surface area contributed by atoms with E-state index in [0.717, 1.165) is 25.8 Å². The molecule has 0 amide bonds. The number of benzene rings is 1. The zero-order chi connectivity index (χ0) is 18.4. The number of phenols is 1. The molecule has 0 atom stereocenters. The minimum atomic E-state index is -3.53. The number of hydrogen-bond acceptors (Lipinski definition) is 4. The van der Waals surface area contributed by atoms with Crippen LogP contribution in [0.25, 0.3) is 0 Å². The van der Waals surface area contributed by atoms with Crippen LogP contribution in [0.1, 0.15) is 19.3 Å². The summed E-state index contributed by atoms with van der Waals surface area (Å²) in [7, 11) is 0.640. The van der Waals surface area contributed by atoms with Crippen LogP contribution in [0.2, 0.25) is 0 Å². The van der Waals surface area contributed by atoms with Crippen LogP contribution >= 0.6 is 12.2 Å². The van der Waals surface area contributed by atoms with Gasteiger partial charge in [-0.05, 0) is 43.3 Å². The van der Waals surface area contributed by atoms with E-state index < -0.39 is 10.0 Å². The van der Waals surface area contributed by atoms with Gasteiger partial charge in [0.15, 0.2) is 5.11 Å². The van der Waals surface area contributed by atoms with Crippen molar-refractivity contribution in [2.24, 2.45) is 0 Å². The molecule has 1 saturated heterocycles. The van der Waals surface area contributed by atoms with E-state index in [0.29, 0.717) is 24.7 Å². The fraction of sp³-hybridized carbons (Fsp3) is 0.562. The lowest BCUT2D eigenvalue weighted by Crippen LogP contribution is -3.05. The summed E-state index contributed by atoms with van der Waals surface area (Å²) in [6, 6.07) is 4.23. The first-order valence-corrected chi connectivity index (χ1v) is 10.3. The number of nitrogens with one attached hydrogen (secondary N) is 3. The van der Waals surface area contributed by atoms with Gasteiger partial charge >= 0.3 is 0 Å². The minimum Gasteiger partial charge on any atom is -0.506 e. The summed E-state index contributed by atoms with van der Waals surface area (Å²) in [6.07, 6.45) is 2.72. The lowest BCUT2D eigenvalue weighted by atomic mass is 10.3. The predicted molar refractivity (Wildman–Crippen MR) is 103 cm³/mol. The maximum Gasteiger partial charge on any atom is 0.243 e. The van der Waals surface area contributed by atoms with Crippen molar-refractivity contribution in [1.82, 2.24) is 9.62 Å². The zero-order valence-electron chi connectivity index (χ0n) is 14.7. The third-order valence-electron chi connectivity index (χ3n) is 4.06. The van der Waals surface area contributed by atoms with Gasteiger partial charge in [-0.2, -0.15) is 4.31 Å². The van der Waals surface area contributed by atoms with Gasteiger partial charge in [0.05, 0.1) is 31.2 Å². The molecule has 140 valence electrons. The molecule has 25 heavy (non-hydrogen) atoms. The van der Waals surface area contributed by atoms with Gasteiger partial charge in [-0.15, -0.1) is 0 Å². The van der Waals surface area contributed by atoms with E-state index >= 15 is 0 Å². The smallest absolute Gasteiger partial charge is 0.243 e. The monoisotopic (exact) mass is 387 g/mol. The summed E-state index contributed by atoms with van der Waals surface area (Å²) in [5.41, 5.74) is 0.288. The summed E-state index contributed by atoms with van der Waals surface area (Å²) >= 11 is 5.22. The topological polar surface area (TPSA) is 86.1 Å². The Balaban J connectivity index is 2.02.